The van der Waals surface area contributed by atoms with Gasteiger partial charge in [-0.3, -0.25) is 9.78 Å². The molecule has 0 fully saturated rings. The lowest BCUT2D eigenvalue weighted by Crippen LogP contribution is -2.27. The molecule has 1 N–H and O–H groups in total. The fraction of sp³-hybridized carbons (Fsp3) is 0.240. The van der Waals surface area contributed by atoms with E-state index >= 15 is 0 Å². The molecule has 3 heterocycles. The van der Waals surface area contributed by atoms with E-state index in [4.69, 9.17) is 9.47 Å². The molecule has 4 aromatic rings. The van der Waals surface area contributed by atoms with Crippen LogP contribution in [0, 0.1) is 0 Å². The third-order valence-corrected chi connectivity index (χ3v) is 5.46. The first-order valence-electron chi connectivity index (χ1n) is 10.5. The van der Waals surface area contributed by atoms with E-state index in [0.717, 1.165) is 27.9 Å². The van der Waals surface area contributed by atoms with Gasteiger partial charge in [-0.15, -0.1) is 0 Å². The first-order chi connectivity index (χ1) is 15.6. The number of nitrogens with one attached hydrogen (secondary N) is 1. The molecule has 0 bridgehead atoms. The number of carbonyl (C=O) groups excluding carboxylic acids is 1. The average molecular weight is 431 g/mol. The Morgan fingerprint density at radius 2 is 1.94 bits per heavy atom. The molecule has 0 saturated heterocycles. The van der Waals surface area contributed by atoms with Gasteiger partial charge in [-0.05, 0) is 55.5 Å². The number of hydrogen-bond donors (Lipinski definition) is 1. The summed E-state index contributed by atoms with van der Waals surface area (Å²) in [4.78, 5) is 21.6. The minimum absolute atomic E-state index is 0.0581. The summed E-state index contributed by atoms with van der Waals surface area (Å²) in [5, 5.41) is 4.10. The monoisotopic (exact) mass is 430 g/mol. The van der Waals surface area contributed by atoms with Crippen LogP contribution in [0.3, 0.4) is 0 Å². The van der Waals surface area contributed by atoms with Gasteiger partial charge < -0.3 is 19.4 Å². The Balaban J connectivity index is 1.53. The summed E-state index contributed by atoms with van der Waals surface area (Å²) in [6.45, 7) is 2.43. The summed E-state index contributed by atoms with van der Waals surface area (Å²) in [5.41, 5.74) is 3.69. The Kier molecular flexibility index (Phi) is 6.35. The molecule has 1 unspecified atom stereocenters. The maximum Gasteiger partial charge on any atom is 0.222 e. The van der Waals surface area contributed by atoms with E-state index in [-0.39, 0.29) is 11.9 Å². The molecule has 7 heteroatoms. The highest BCUT2D eigenvalue weighted by Crippen LogP contribution is 2.30. The van der Waals surface area contributed by atoms with Crippen LogP contribution in [-0.4, -0.2) is 34.7 Å². The van der Waals surface area contributed by atoms with Crippen LogP contribution in [0.5, 0.6) is 11.5 Å². The summed E-state index contributed by atoms with van der Waals surface area (Å²) in [5.74, 6) is 1.36. The third kappa shape index (κ3) is 4.42. The van der Waals surface area contributed by atoms with Crippen molar-refractivity contribution < 1.29 is 14.3 Å². The van der Waals surface area contributed by atoms with Crippen molar-refractivity contribution in [1.82, 2.24) is 19.9 Å². The number of rotatable bonds is 8. The van der Waals surface area contributed by atoms with E-state index in [0.29, 0.717) is 24.5 Å². The number of methoxy groups -OCH3 is 2. The molecule has 0 aliphatic heterocycles. The molecule has 0 radical (unpaired) electrons. The fourth-order valence-electron chi connectivity index (χ4n) is 3.85. The second-order valence-electron chi connectivity index (χ2n) is 7.49. The van der Waals surface area contributed by atoms with E-state index in [1.807, 2.05) is 55.6 Å². The predicted octanol–water partition coefficient (Wildman–Crippen LogP) is 4.38. The van der Waals surface area contributed by atoms with E-state index < -0.39 is 0 Å². The molecule has 0 aliphatic rings. The molecule has 1 aromatic carbocycles. The molecule has 164 valence electrons. The van der Waals surface area contributed by atoms with Gasteiger partial charge in [-0.1, -0.05) is 0 Å². The number of aryl methyl sites for hydroxylation is 1. The zero-order valence-corrected chi connectivity index (χ0v) is 18.4. The molecule has 7 nitrogen and oxygen atoms in total. The number of ether oxygens (including phenoxy) is 2. The number of hydrogen-bond acceptors (Lipinski definition) is 5. The Bertz CT molecular complexity index is 1220. The van der Waals surface area contributed by atoms with Crippen molar-refractivity contribution >= 4 is 16.9 Å². The van der Waals surface area contributed by atoms with Gasteiger partial charge >= 0.3 is 0 Å². The minimum atomic E-state index is -0.232. The molecule has 0 saturated carbocycles. The maximum absolute atomic E-state index is 12.8. The van der Waals surface area contributed by atoms with Gasteiger partial charge in [-0.2, -0.15) is 0 Å². The quantitative estimate of drug-likeness (QED) is 0.449. The standard InChI is InChI=1S/C25H26N4O3/c1-17(21-15-20(31-2)8-9-23(21)32-3)28-24(30)10-13-29-22(19-7-4-11-26-16-19)14-18-6-5-12-27-25(18)29/h4-9,11-12,14-17H,10,13H2,1-3H3,(H,28,30). The van der Waals surface area contributed by atoms with E-state index in [2.05, 4.69) is 25.9 Å². The van der Waals surface area contributed by atoms with Crippen LogP contribution in [-0.2, 0) is 11.3 Å². The van der Waals surface area contributed by atoms with Gasteiger partial charge in [0.2, 0.25) is 5.91 Å². The zero-order chi connectivity index (χ0) is 22.5. The van der Waals surface area contributed by atoms with Crippen molar-refractivity contribution in [3.05, 3.63) is 72.7 Å². The molecule has 4 rings (SSSR count). The number of aromatic nitrogens is 3. The van der Waals surface area contributed by atoms with Crippen LogP contribution < -0.4 is 14.8 Å². The predicted molar refractivity (Wildman–Crippen MR) is 124 cm³/mol. The van der Waals surface area contributed by atoms with Crippen molar-refractivity contribution in [2.75, 3.05) is 14.2 Å². The molecule has 3 aromatic heterocycles. The highest BCUT2D eigenvalue weighted by Gasteiger charge is 2.17. The lowest BCUT2D eigenvalue weighted by Gasteiger charge is -2.18. The molecule has 1 atom stereocenters. The first kappa shape index (κ1) is 21.4. The number of fused-ring (bicyclic) bond motifs is 1. The molecule has 0 spiro atoms. The Hall–Kier alpha value is -3.87. The fourth-order valence-corrected chi connectivity index (χ4v) is 3.85. The summed E-state index contributed by atoms with van der Waals surface area (Å²) in [6.07, 6.45) is 5.64. The lowest BCUT2D eigenvalue weighted by atomic mass is 10.1. The molecular weight excluding hydrogens is 404 g/mol. The highest BCUT2D eigenvalue weighted by atomic mass is 16.5. The summed E-state index contributed by atoms with van der Waals surface area (Å²) in [6, 6.07) is 15.3. The van der Waals surface area contributed by atoms with Crippen molar-refractivity contribution in [2.45, 2.75) is 25.9 Å². The second kappa shape index (κ2) is 9.51. The third-order valence-electron chi connectivity index (χ3n) is 5.46. The highest BCUT2D eigenvalue weighted by molar-refractivity contribution is 5.84. The average Bonchev–Trinajstić information content (AvgIpc) is 3.21. The molecule has 32 heavy (non-hydrogen) atoms. The summed E-state index contributed by atoms with van der Waals surface area (Å²) in [7, 11) is 3.23. The van der Waals surface area contributed by atoms with Crippen LogP contribution in [0.15, 0.2) is 67.1 Å². The van der Waals surface area contributed by atoms with Gasteiger partial charge in [0.25, 0.3) is 0 Å². The number of carbonyl (C=O) groups is 1. The van der Waals surface area contributed by atoms with Crippen molar-refractivity contribution in [1.29, 1.82) is 0 Å². The first-order valence-corrected chi connectivity index (χ1v) is 10.5. The minimum Gasteiger partial charge on any atom is -0.497 e. The van der Waals surface area contributed by atoms with E-state index in [1.165, 1.54) is 0 Å². The number of amides is 1. The zero-order valence-electron chi connectivity index (χ0n) is 18.4. The number of benzene rings is 1. The van der Waals surface area contributed by atoms with Crippen LogP contribution in [0.4, 0.5) is 0 Å². The molecule has 1 amide bonds. The topological polar surface area (TPSA) is 78.3 Å². The van der Waals surface area contributed by atoms with Crippen molar-refractivity contribution in [3.63, 3.8) is 0 Å². The van der Waals surface area contributed by atoms with E-state index in [9.17, 15) is 4.79 Å². The Morgan fingerprint density at radius 1 is 1.09 bits per heavy atom. The van der Waals surface area contributed by atoms with Gasteiger partial charge in [0.15, 0.2) is 0 Å². The lowest BCUT2D eigenvalue weighted by molar-refractivity contribution is -0.121. The Labute approximate surface area is 187 Å². The second-order valence-corrected chi connectivity index (χ2v) is 7.49. The van der Waals surface area contributed by atoms with E-state index in [1.54, 1.807) is 26.6 Å². The number of nitrogens with zero attached hydrogens (tertiary/aromatic N) is 3. The van der Waals surface area contributed by atoms with Gasteiger partial charge in [-0.25, -0.2) is 4.98 Å². The normalized spacial score (nSPS) is 11.8. The molecule has 0 aliphatic carbocycles. The SMILES string of the molecule is COc1ccc(OC)c(C(C)NC(=O)CCn2c(-c3cccnc3)cc3cccnc32)c1. The van der Waals surface area contributed by atoms with Crippen molar-refractivity contribution in [2.24, 2.45) is 0 Å². The Morgan fingerprint density at radius 3 is 2.69 bits per heavy atom. The van der Waals surface area contributed by atoms with Gasteiger partial charge in [0, 0.05) is 48.1 Å². The summed E-state index contributed by atoms with van der Waals surface area (Å²) >= 11 is 0. The number of pyridine rings is 2. The van der Waals surface area contributed by atoms with Crippen LogP contribution in [0.1, 0.15) is 24.9 Å². The van der Waals surface area contributed by atoms with Gasteiger partial charge in [0.05, 0.1) is 26.0 Å². The largest absolute Gasteiger partial charge is 0.497 e. The van der Waals surface area contributed by atoms with Crippen LogP contribution in [0.25, 0.3) is 22.3 Å². The summed E-state index contributed by atoms with van der Waals surface area (Å²) < 4.78 is 12.8. The van der Waals surface area contributed by atoms with Crippen LogP contribution >= 0.6 is 0 Å². The van der Waals surface area contributed by atoms with Crippen molar-refractivity contribution in [3.8, 4) is 22.8 Å². The smallest absolute Gasteiger partial charge is 0.222 e. The molecular formula is C25H26N4O3. The van der Waals surface area contributed by atoms with Gasteiger partial charge in [0.1, 0.15) is 17.1 Å². The van der Waals surface area contributed by atoms with Crippen LogP contribution in [0.2, 0.25) is 0 Å². The maximum atomic E-state index is 12.8.